The Bertz CT molecular complexity index is 407. The zero-order valence-electron chi connectivity index (χ0n) is 9.82. The summed E-state index contributed by atoms with van der Waals surface area (Å²) < 4.78 is 0. The van der Waals surface area contributed by atoms with Crippen LogP contribution >= 0.6 is 0 Å². The standard InChI is InChI=1S/C15H19N/c1-3-12-10-14(16)9-11(2)8-13-6-4-5-7-15(12)13/h4-9,12,15H,2-3,10,16H2,1H3/b13-8?,14-9+. The summed E-state index contributed by atoms with van der Waals surface area (Å²) in [5.74, 6) is 1.11. The highest BCUT2D eigenvalue weighted by molar-refractivity contribution is 5.43. The third-order valence-corrected chi connectivity index (χ3v) is 3.36. The topological polar surface area (TPSA) is 26.0 Å². The Morgan fingerprint density at radius 1 is 1.38 bits per heavy atom. The van der Waals surface area contributed by atoms with E-state index in [2.05, 4.69) is 43.9 Å². The molecule has 0 heterocycles. The fourth-order valence-corrected chi connectivity index (χ4v) is 2.53. The summed E-state index contributed by atoms with van der Waals surface area (Å²) in [4.78, 5) is 0. The van der Waals surface area contributed by atoms with Crippen molar-refractivity contribution in [1.29, 1.82) is 0 Å². The van der Waals surface area contributed by atoms with E-state index >= 15 is 0 Å². The first kappa shape index (κ1) is 11.0. The minimum Gasteiger partial charge on any atom is -0.402 e. The van der Waals surface area contributed by atoms with Crippen molar-refractivity contribution in [1.82, 2.24) is 0 Å². The van der Waals surface area contributed by atoms with Crippen molar-refractivity contribution in [2.24, 2.45) is 17.6 Å². The van der Waals surface area contributed by atoms with Gasteiger partial charge in [0, 0.05) is 11.6 Å². The highest BCUT2D eigenvalue weighted by atomic mass is 14.6. The van der Waals surface area contributed by atoms with Crippen molar-refractivity contribution >= 4 is 0 Å². The first-order valence-corrected chi connectivity index (χ1v) is 5.92. The molecule has 2 unspecified atom stereocenters. The highest BCUT2D eigenvalue weighted by Crippen LogP contribution is 2.34. The summed E-state index contributed by atoms with van der Waals surface area (Å²) in [6, 6.07) is 0. The minimum absolute atomic E-state index is 0.499. The van der Waals surface area contributed by atoms with Crippen LogP contribution in [-0.4, -0.2) is 0 Å². The van der Waals surface area contributed by atoms with Crippen LogP contribution in [0.5, 0.6) is 0 Å². The second-order valence-corrected chi connectivity index (χ2v) is 4.58. The van der Waals surface area contributed by atoms with E-state index < -0.39 is 0 Å². The van der Waals surface area contributed by atoms with E-state index in [1.165, 1.54) is 5.57 Å². The third-order valence-electron chi connectivity index (χ3n) is 3.36. The van der Waals surface area contributed by atoms with Gasteiger partial charge >= 0.3 is 0 Å². The molecule has 0 amide bonds. The molecule has 0 spiro atoms. The summed E-state index contributed by atoms with van der Waals surface area (Å²) >= 11 is 0. The number of fused-ring (bicyclic) bond motifs is 1. The van der Waals surface area contributed by atoms with Crippen LogP contribution in [0.3, 0.4) is 0 Å². The molecule has 0 bridgehead atoms. The summed E-state index contributed by atoms with van der Waals surface area (Å²) in [6.45, 7) is 6.25. The molecule has 0 aliphatic heterocycles. The quantitative estimate of drug-likeness (QED) is 0.709. The number of hydrogen-bond donors (Lipinski definition) is 1. The predicted molar refractivity (Wildman–Crippen MR) is 69.7 cm³/mol. The van der Waals surface area contributed by atoms with Gasteiger partial charge in [-0.2, -0.15) is 0 Å². The Balaban J connectivity index is 2.39. The lowest BCUT2D eigenvalue weighted by Crippen LogP contribution is -2.19. The van der Waals surface area contributed by atoms with E-state index in [1.54, 1.807) is 0 Å². The van der Waals surface area contributed by atoms with Gasteiger partial charge in [0.25, 0.3) is 0 Å². The molecule has 0 aromatic carbocycles. The molecule has 16 heavy (non-hydrogen) atoms. The summed E-state index contributed by atoms with van der Waals surface area (Å²) in [6.07, 6.45) is 15.0. The first-order valence-electron chi connectivity index (χ1n) is 5.92. The molecule has 2 aliphatic carbocycles. The van der Waals surface area contributed by atoms with E-state index in [-0.39, 0.29) is 0 Å². The molecule has 2 aliphatic rings. The monoisotopic (exact) mass is 213 g/mol. The Morgan fingerprint density at radius 2 is 2.19 bits per heavy atom. The van der Waals surface area contributed by atoms with Crippen LogP contribution in [0.1, 0.15) is 19.8 Å². The zero-order valence-corrected chi connectivity index (χ0v) is 9.82. The number of hydrogen-bond acceptors (Lipinski definition) is 1. The van der Waals surface area contributed by atoms with Crippen LogP contribution in [0.2, 0.25) is 0 Å². The smallest absolute Gasteiger partial charge is 0.00893 e. The van der Waals surface area contributed by atoms with Crippen LogP contribution in [0.25, 0.3) is 0 Å². The molecular formula is C15H19N. The molecule has 0 saturated heterocycles. The number of rotatable bonds is 1. The van der Waals surface area contributed by atoms with E-state index in [0.29, 0.717) is 11.8 Å². The molecule has 1 nitrogen and oxygen atoms in total. The van der Waals surface area contributed by atoms with Crippen LogP contribution in [0, 0.1) is 11.8 Å². The van der Waals surface area contributed by atoms with Crippen LogP contribution in [0.15, 0.2) is 59.9 Å². The molecule has 1 heteroatoms. The van der Waals surface area contributed by atoms with Gasteiger partial charge < -0.3 is 5.73 Å². The number of allylic oxidation sites excluding steroid dienone is 9. The first-order chi connectivity index (χ1) is 7.70. The van der Waals surface area contributed by atoms with Gasteiger partial charge in [0.05, 0.1) is 0 Å². The van der Waals surface area contributed by atoms with Crippen molar-refractivity contribution in [3.05, 3.63) is 59.9 Å². The van der Waals surface area contributed by atoms with Gasteiger partial charge in [-0.05, 0) is 29.6 Å². The van der Waals surface area contributed by atoms with E-state index in [4.69, 9.17) is 5.73 Å². The maximum Gasteiger partial charge on any atom is 0.00893 e. The average Bonchev–Trinajstić information content (AvgIpc) is 2.25. The van der Waals surface area contributed by atoms with E-state index in [1.807, 2.05) is 6.08 Å². The van der Waals surface area contributed by atoms with Crippen molar-refractivity contribution in [3.8, 4) is 0 Å². The molecular weight excluding hydrogens is 194 g/mol. The van der Waals surface area contributed by atoms with Gasteiger partial charge in [0.1, 0.15) is 0 Å². The van der Waals surface area contributed by atoms with Crippen LogP contribution in [0.4, 0.5) is 0 Å². The normalized spacial score (nSPS) is 32.2. The van der Waals surface area contributed by atoms with Gasteiger partial charge in [-0.3, -0.25) is 0 Å². The van der Waals surface area contributed by atoms with Crippen molar-refractivity contribution in [3.63, 3.8) is 0 Å². The lowest BCUT2D eigenvalue weighted by Gasteiger charge is -2.28. The SMILES string of the molecule is C=C1C=C2C=CC=CC2C(CC)C/C(N)=C\1. The fourth-order valence-electron chi connectivity index (χ4n) is 2.53. The summed E-state index contributed by atoms with van der Waals surface area (Å²) in [5.41, 5.74) is 9.34. The molecule has 2 rings (SSSR count). The molecule has 84 valence electrons. The van der Waals surface area contributed by atoms with Gasteiger partial charge in [-0.15, -0.1) is 0 Å². The van der Waals surface area contributed by atoms with E-state index in [0.717, 1.165) is 24.1 Å². The average molecular weight is 213 g/mol. The molecule has 2 atom stereocenters. The molecule has 2 N–H and O–H groups in total. The van der Waals surface area contributed by atoms with Gasteiger partial charge in [0.2, 0.25) is 0 Å². The second-order valence-electron chi connectivity index (χ2n) is 4.58. The van der Waals surface area contributed by atoms with Crippen molar-refractivity contribution in [2.75, 3.05) is 0 Å². The molecule has 0 aromatic heterocycles. The lowest BCUT2D eigenvalue weighted by molar-refractivity contribution is 0.421. The molecule has 0 radical (unpaired) electrons. The van der Waals surface area contributed by atoms with Crippen molar-refractivity contribution in [2.45, 2.75) is 19.8 Å². The van der Waals surface area contributed by atoms with Crippen LogP contribution in [-0.2, 0) is 0 Å². The van der Waals surface area contributed by atoms with Gasteiger partial charge in [-0.1, -0.05) is 50.3 Å². The third kappa shape index (κ3) is 2.19. The minimum atomic E-state index is 0.499. The lowest BCUT2D eigenvalue weighted by atomic mass is 9.77. The Hall–Kier alpha value is -1.50. The Labute approximate surface area is 97.7 Å². The Morgan fingerprint density at radius 3 is 2.94 bits per heavy atom. The highest BCUT2D eigenvalue weighted by Gasteiger charge is 2.23. The molecule has 0 fully saturated rings. The molecule has 0 saturated carbocycles. The maximum absolute atomic E-state index is 6.01. The molecule has 0 aromatic rings. The summed E-state index contributed by atoms with van der Waals surface area (Å²) in [7, 11) is 0. The number of nitrogens with two attached hydrogens (primary N) is 1. The zero-order chi connectivity index (χ0) is 11.5. The summed E-state index contributed by atoms with van der Waals surface area (Å²) in [5, 5.41) is 0. The van der Waals surface area contributed by atoms with Crippen LogP contribution < -0.4 is 5.73 Å². The Kier molecular flexibility index (Phi) is 3.14. The van der Waals surface area contributed by atoms with Gasteiger partial charge in [-0.25, -0.2) is 0 Å². The second kappa shape index (κ2) is 4.56. The van der Waals surface area contributed by atoms with E-state index in [9.17, 15) is 0 Å². The largest absolute Gasteiger partial charge is 0.402 e. The predicted octanol–water partition coefficient (Wildman–Crippen LogP) is 3.48. The fraction of sp³-hybridized carbons (Fsp3) is 0.333. The van der Waals surface area contributed by atoms with Crippen molar-refractivity contribution < 1.29 is 0 Å². The van der Waals surface area contributed by atoms with Gasteiger partial charge in [0.15, 0.2) is 0 Å². The maximum atomic E-state index is 6.01.